The van der Waals surface area contributed by atoms with E-state index in [0.717, 1.165) is 79.4 Å². The summed E-state index contributed by atoms with van der Waals surface area (Å²) in [5, 5.41) is 16.4. The highest BCUT2D eigenvalue weighted by Gasteiger charge is 2.22. The van der Waals surface area contributed by atoms with E-state index in [4.69, 9.17) is 21.4 Å². The molecule has 0 aliphatic rings. The van der Waals surface area contributed by atoms with E-state index in [1.54, 1.807) is 6.20 Å². The molecule has 5 rings (SSSR count). The number of hydrogen-bond acceptors (Lipinski definition) is 4. The third-order valence-electron chi connectivity index (χ3n) is 7.98. The first-order valence-corrected chi connectivity index (χ1v) is 14.7. The Balaban J connectivity index is 1.49. The SMILES string of the molecule is Cc1cc(OCCCc2c(C)n(CCC(=O)O)c3c(-c4c(C)nn(Cc5cccnc5)c4C)cccc23)cc(C)c1Cl. The van der Waals surface area contributed by atoms with Gasteiger partial charge >= 0.3 is 5.97 Å². The van der Waals surface area contributed by atoms with Gasteiger partial charge < -0.3 is 14.4 Å². The highest BCUT2D eigenvalue weighted by molar-refractivity contribution is 6.32. The maximum absolute atomic E-state index is 11.6. The van der Waals surface area contributed by atoms with Crippen molar-refractivity contribution in [1.29, 1.82) is 0 Å². The summed E-state index contributed by atoms with van der Waals surface area (Å²) in [7, 11) is 0. The predicted octanol–water partition coefficient (Wildman–Crippen LogP) is 7.63. The van der Waals surface area contributed by atoms with Crippen LogP contribution in [0.2, 0.25) is 5.02 Å². The zero-order chi connectivity index (χ0) is 30.0. The van der Waals surface area contributed by atoms with Gasteiger partial charge in [0.05, 0.1) is 30.8 Å². The van der Waals surface area contributed by atoms with Crippen LogP contribution in [0.5, 0.6) is 5.75 Å². The van der Waals surface area contributed by atoms with E-state index in [1.807, 2.05) is 49.8 Å². The second-order valence-corrected chi connectivity index (χ2v) is 11.3. The predicted molar refractivity (Wildman–Crippen MR) is 168 cm³/mol. The van der Waals surface area contributed by atoms with Crippen LogP contribution in [0.3, 0.4) is 0 Å². The van der Waals surface area contributed by atoms with Crippen LogP contribution in [-0.2, 0) is 24.3 Å². The number of carboxylic acids is 1. The van der Waals surface area contributed by atoms with E-state index >= 15 is 0 Å². The summed E-state index contributed by atoms with van der Waals surface area (Å²) in [6.07, 6.45) is 5.33. The second-order valence-electron chi connectivity index (χ2n) is 10.9. The molecule has 2 aromatic carbocycles. The van der Waals surface area contributed by atoms with Crippen molar-refractivity contribution in [2.75, 3.05) is 6.61 Å². The number of hydrogen-bond donors (Lipinski definition) is 1. The minimum Gasteiger partial charge on any atom is -0.494 e. The Morgan fingerprint density at radius 3 is 2.48 bits per heavy atom. The number of benzene rings is 2. The summed E-state index contributed by atoms with van der Waals surface area (Å²) >= 11 is 6.32. The van der Waals surface area contributed by atoms with Gasteiger partial charge in [0, 0.05) is 51.9 Å². The van der Waals surface area contributed by atoms with Crippen molar-refractivity contribution in [3.63, 3.8) is 0 Å². The van der Waals surface area contributed by atoms with Crippen molar-refractivity contribution in [2.45, 2.75) is 67.0 Å². The van der Waals surface area contributed by atoms with Gasteiger partial charge in [0.25, 0.3) is 0 Å². The Hall–Kier alpha value is -4.10. The Bertz CT molecular complexity index is 1730. The fourth-order valence-corrected chi connectivity index (χ4v) is 6.05. The molecule has 0 fully saturated rings. The topological polar surface area (TPSA) is 82.2 Å². The number of aliphatic carboxylic acids is 1. The number of pyridine rings is 1. The van der Waals surface area contributed by atoms with E-state index in [0.29, 0.717) is 19.7 Å². The minimum atomic E-state index is -0.811. The molecular formula is C34H37ClN4O3. The molecule has 3 heterocycles. The summed E-state index contributed by atoms with van der Waals surface area (Å²) in [6.45, 7) is 11.8. The van der Waals surface area contributed by atoms with Crippen molar-refractivity contribution < 1.29 is 14.6 Å². The zero-order valence-electron chi connectivity index (χ0n) is 24.9. The highest BCUT2D eigenvalue weighted by atomic mass is 35.5. The number of aryl methyl sites for hydroxylation is 5. The molecular weight excluding hydrogens is 548 g/mol. The van der Waals surface area contributed by atoms with Gasteiger partial charge in [-0.25, -0.2) is 0 Å². The maximum atomic E-state index is 11.6. The van der Waals surface area contributed by atoms with E-state index in [-0.39, 0.29) is 6.42 Å². The number of halogens is 1. The third kappa shape index (κ3) is 5.93. The van der Waals surface area contributed by atoms with Crippen LogP contribution < -0.4 is 4.74 Å². The van der Waals surface area contributed by atoms with Crippen LogP contribution in [0.4, 0.5) is 0 Å². The molecule has 0 saturated heterocycles. The Labute approximate surface area is 251 Å². The molecule has 8 heteroatoms. The smallest absolute Gasteiger partial charge is 0.305 e. The summed E-state index contributed by atoms with van der Waals surface area (Å²) in [5.41, 5.74) is 10.6. The molecule has 0 unspecified atom stereocenters. The molecule has 0 radical (unpaired) electrons. The van der Waals surface area contributed by atoms with E-state index in [1.165, 1.54) is 5.56 Å². The molecule has 0 bridgehead atoms. The van der Waals surface area contributed by atoms with Crippen molar-refractivity contribution >= 4 is 28.5 Å². The molecule has 0 spiro atoms. The number of fused-ring (bicyclic) bond motifs is 1. The summed E-state index contributed by atoms with van der Waals surface area (Å²) in [5.74, 6) is 0.0143. The molecule has 42 heavy (non-hydrogen) atoms. The normalized spacial score (nSPS) is 11.4. The lowest BCUT2D eigenvalue weighted by atomic mass is 9.98. The van der Waals surface area contributed by atoms with Crippen LogP contribution in [0.15, 0.2) is 54.9 Å². The van der Waals surface area contributed by atoms with Gasteiger partial charge in [0.1, 0.15) is 5.75 Å². The lowest BCUT2D eigenvalue weighted by molar-refractivity contribution is -0.137. The van der Waals surface area contributed by atoms with Crippen LogP contribution in [-0.4, -0.2) is 37.0 Å². The largest absolute Gasteiger partial charge is 0.494 e. The fraction of sp³-hybridized carbons (Fsp3) is 0.324. The van der Waals surface area contributed by atoms with Gasteiger partial charge in [-0.2, -0.15) is 5.10 Å². The molecule has 0 aliphatic heterocycles. The summed E-state index contributed by atoms with van der Waals surface area (Å²) < 4.78 is 10.3. The third-order valence-corrected chi connectivity index (χ3v) is 8.57. The van der Waals surface area contributed by atoms with Gasteiger partial charge in [-0.1, -0.05) is 35.9 Å². The van der Waals surface area contributed by atoms with Gasteiger partial charge in [-0.05, 0) is 87.9 Å². The van der Waals surface area contributed by atoms with Gasteiger partial charge in [-0.15, -0.1) is 0 Å². The molecule has 3 aromatic heterocycles. The molecule has 0 amide bonds. The number of carbonyl (C=O) groups is 1. The van der Waals surface area contributed by atoms with Crippen LogP contribution in [0.1, 0.15) is 52.2 Å². The minimum absolute atomic E-state index is 0.0506. The number of ether oxygens (including phenoxy) is 1. The maximum Gasteiger partial charge on any atom is 0.305 e. The van der Waals surface area contributed by atoms with E-state index < -0.39 is 5.97 Å². The molecule has 0 atom stereocenters. The molecule has 7 nitrogen and oxygen atoms in total. The molecule has 0 aliphatic carbocycles. The second kappa shape index (κ2) is 12.4. The molecule has 5 aromatic rings. The Morgan fingerprint density at radius 1 is 1.02 bits per heavy atom. The first kappa shape index (κ1) is 29.4. The van der Waals surface area contributed by atoms with Crippen molar-refractivity contribution in [1.82, 2.24) is 19.3 Å². The summed E-state index contributed by atoms with van der Waals surface area (Å²) in [4.78, 5) is 15.9. The standard InChI is InChI=1S/C34H37ClN4O3/c1-21-17-27(18-22(2)33(21)35)42-16-8-12-28-24(4)38(15-13-31(40)41)34-29(28)10-6-11-30(34)32-23(3)37-39(25(32)5)20-26-9-7-14-36-19-26/h6-7,9-11,14,17-19H,8,12-13,15-16,20H2,1-5H3,(H,40,41). The number of para-hydroxylation sites is 1. The quantitative estimate of drug-likeness (QED) is 0.161. The number of rotatable bonds is 11. The number of nitrogens with zero attached hydrogens (tertiary/aromatic N) is 4. The lowest BCUT2D eigenvalue weighted by Crippen LogP contribution is -2.07. The van der Waals surface area contributed by atoms with Crippen molar-refractivity contribution in [3.05, 3.63) is 99.2 Å². The van der Waals surface area contributed by atoms with Gasteiger partial charge in [0.15, 0.2) is 0 Å². The molecule has 0 saturated carbocycles. The number of aromatic nitrogens is 4. The van der Waals surface area contributed by atoms with Crippen LogP contribution in [0, 0.1) is 34.6 Å². The molecule has 218 valence electrons. The summed E-state index contributed by atoms with van der Waals surface area (Å²) in [6, 6.07) is 14.3. The highest BCUT2D eigenvalue weighted by Crippen LogP contribution is 2.38. The first-order valence-electron chi connectivity index (χ1n) is 14.3. The number of carboxylic acid groups (broad SMARTS) is 1. The Morgan fingerprint density at radius 2 is 1.79 bits per heavy atom. The van der Waals surface area contributed by atoms with Crippen LogP contribution in [0.25, 0.3) is 22.0 Å². The van der Waals surface area contributed by atoms with Gasteiger partial charge in [-0.3, -0.25) is 14.5 Å². The lowest BCUT2D eigenvalue weighted by Gasteiger charge is -2.12. The fourth-order valence-electron chi connectivity index (χ4n) is 5.94. The average molecular weight is 585 g/mol. The average Bonchev–Trinajstić information content (AvgIpc) is 3.39. The van der Waals surface area contributed by atoms with Crippen LogP contribution >= 0.6 is 11.6 Å². The monoisotopic (exact) mass is 584 g/mol. The van der Waals surface area contributed by atoms with E-state index in [9.17, 15) is 9.90 Å². The van der Waals surface area contributed by atoms with Crippen molar-refractivity contribution in [2.24, 2.45) is 0 Å². The Kier molecular flexibility index (Phi) is 8.69. The van der Waals surface area contributed by atoms with Gasteiger partial charge in [0.2, 0.25) is 0 Å². The first-order chi connectivity index (χ1) is 20.2. The van der Waals surface area contributed by atoms with Crippen molar-refractivity contribution in [3.8, 4) is 16.9 Å². The molecule has 1 N–H and O–H groups in total. The van der Waals surface area contributed by atoms with E-state index in [2.05, 4.69) is 47.7 Å². The zero-order valence-corrected chi connectivity index (χ0v) is 25.6.